The van der Waals surface area contributed by atoms with Crippen LogP contribution in [0.1, 0.15) is 45.9 Å². The Morgan fingerprint density at radius 2 is 1.61 bits per heavy atom. The van der Waals surface area contributed by atoms with Crippen molar-refractivity contribution in [2.45, 2.75) is 39.8 Å². The molecule has 1 N–H and O–H groups in total. The van der Waals surface area contributed by atoms with Crippen LogP contribution in [-0.4, -0.2) is 14.7 Å². The lowest BCUT2D eigenvalue weighted by Gasteiger charge is -2.28. The van der Waals surface area contributed by atoms with Crippen molar-refractivity contribution in [3.8, 4) is 5.69 Å². The molecular formula is C28H28N4S. The Balaban J connectivity index is 1.69. The van der Waals surface area contributed by atoms with Gasteiger partial charge >= 0.3 is 0 Å². The van der Waals surface area contributed by atoms with Crippen LogP contribution in [0.3, 0.4) is 0 Å². The van der Waals surface area contributed by atoms with E-state index in [1.165, 1.54) is 33.8 Å². The molecule has 166 valence electrons. The Morgan fingerprint density at radius 1 is 0.879 bits per heavy atom. The maximum absolute atomic E-state index is 5.89. The van der Waals surface area contributed by atoms with E-state index in [1.54, 1.807) is 0 Å². The summed E-state index contributed by atoms with van der Waals surface area (Å²) in [5.41, 5.74) is 9.44. The molecule has 2 aromatic heterocycles. The molecule has 1 fully saturated rings. The maximum Gasteiger partial charge on any atom is 0.174 e. The summed E-state index contributed by atoms with van der Waals surface area (Å²) >= 11 is 5.89. The van der Waals surface area contributed by atoms with Gasteiger partial charge in [0.2, 0.25) is 0 Å². The van der Waals surface area contributed by atoms with Crippen molar-refractivity contribution in [1.29, 1.82) is 0 Å². The molecule has 5 heteroatoms. The van der Waals surface area contributed by atoms with Crippen molar-refractivity contribution >= 4 is 23.0 Å². The predicted molar refractivity (Wildman–Crippen MR) is 139 cm³/mol. The van der Waals surface area contributed by atoms with Crippen LogP contribution in [-0.2, 0) is 0 Å². The number of pyridine rings is 1. The molecule has 1 aliphatic rings. The highest BCUT2D eigenvalue weighted by atomic mass is 32.1. The molecule has 0 unspecified atom stereocenters. The highest BCUT2D eigenvalue weighted by Gasteiger charge is 2.42. The Kier molecular flexibility index (Phi) is 5.51. The number of thiocarbonyl (C=S) groups is 1. The molecule has 2 aromatic carbocycles. The Morgan fingerprint density at radius 3 is 2.30 bits per heavy atom. The van der Waals surface area contributed by atoms with Crippen LogP contribution in [0, 0.1) is 27.7 Å². The maximum atomic E-state index is 5.89. The molecule has 2 atom stereocenters. The Labute approximate surface area is 200 Å². The van der Waals surface area contributed by atoms with E-state index >= 15 is 0 Å². The first-order valence-corrected chi connectivity index (χ1v) is 11.7. The molecule has 0 bridgehead atoms. The SMILES string of the molecule is Cc1ccc(N2C(=S)N[C@H](c3ccccn3)[C@H]2c2cc(C)n(-c3ccccc3C)c2C)cc1. The minimum Gasteiger partial charge on any atom is -0.351 e. The van der Waals surface area contributed by atoms with E-state index in [0.29, 0.717) is 0 Å². The van der Waals surface area contributed by atoms with Crippen LogP contribution in [0.2, 0.25) is 0 Å². The summed E-state index contributed by atoms with van der Waals surface area (Å²) in [6.45, 7) is 8.65. The lowest BCUT2D eigenvalue weighted by atomic mass is 9.96. The molecule has 1 aliphatic heterocycles. The standard InChI is InChI=1S/C28H28N4S/c1-18-12-14-22(15-13-18)32-27(26(30-28(32)33)24-10-7-8-16-29-24)23-17-20(3)31(21(23)4)25-11-6-5-9-19(25)2/h5-17,26-27H,1-4H3,(H,30,33)/t26-,27-/m1/s1. The van der Waals surface area contributed by atoms with Gasteiger partial charge in [-0.2, -0.15) is 0 Å². The highest BCUT2D eigenvalue weighted by molar-refractivity contribution is 7.80. The number of nitrogens with zero attached hydrogens (tertiary/aromatic N) is 3. The number of nitrogens with one attached hydrogen (secondary N) is 1. The van der Waals surface area contributed by atoms with Gasteiger partial charge in [-0.1, -0.05) is 42.0 Å². The van der Waals surface area contributed by atoms with Gasteiger partial charge in [-0.3, -0.25) is 4.98 Å². The van der Waals surface area contributed by atoms with Crippen LogP contribution >= 0.6 is 12.2 Å². The number of anilines is 1. The van der Waals surface area contributed by atoms with E-state index in [0.717, 1.165) is 16.5 Å². The molecule has 3 heterocycles. The van der Waals surface area contributed by atoms with E-state index in [4.69, 9.17) is 12.2 Å². The summed E-state index contributed by atoms with van der Waals surface area (Å²) in [7, 11) is 0. The summed E-state index contributed by atoms with van der Waals surface area (Å²) in [6, 6.07) is 25.4. The van der Waals surface area contributed by atoms with Crippen LogP contribution in [0.4, 0.5) is 5.69 Å². The molecule has 4 nitrogen and oxygen atoms in total. The molecule has 33 heavy (non-hydrogen) atoms. The fourth-order valence-corrected chi connectivity index (χ4v) is 5.27. The monoisotopic (exact) mass is 452 g/mol. The first-order chi connectivity index (χ1) is 16.0. The summed E-state index contributed by atoms with van der Waals surface area (Å²) in [5, 5.41) is 4.30. The van der Waals surface area contributed by atoms with E-state index in [9.17, 15) is 0 Å². The molecule has 0 radical (unpaired) electrons. The number of aromatic nitrogens is 2. The molecule has 4 aromatic rings. The van der Waals surface area contributed by atoms with Gasteiger partial charge in [0, 0.05) is 29.0 Å². The lowest BCUT2D eigenvalue weighted by Crippen LogP contribution is -2.29. The second-order valence-corrected chi connectivity index (χ2v) is 9.17. The second-order valence-electron chi connectivity index (χ2n) is 8.78. The predicted octanol–water partition coefficient (Wildman–Crippen LogP) is 6.28. The Hall–Kier alpha value is -3.44. The van der Waals surface area contributed by atoms with E-state index in [1.807, 2.05) is 18.3 Å². The van der Waals surface area contributed by atoms with Crippen molar-refractivity contribution in [2.24, 2.45) is 0 Å². The van der Waals surface area contributed by atoms with Gasteiger partial charge in [0.25, 0.3) is 0 Å². The van der Waals surface area contributed by atoms with Crippen molar-refractivity contribution < 1.29 is 0 Å². The number of hydrogen-bond donors (Lipinski definition) is 1. The van der Waals surface area contributed by atoms with Crippen molar-refractivity contribution in [3.63, 3.8) is 0 Å². The fourth-order valence-electron chi connectivity index (χ4n) is 4.93. The van der Waals surface area contributed by atoms with Crippen LogP contribution in [0.5, 0.6) is 0 Å². The van der Waals surface area contributed by atoms with Gasteiger partial charge in [0.15, 0.2) is 5.11 Å². The van der Waals surface area contributed by atoms with Gasteiger partial charge < -0.3 is 14.8 Å². The van der Waals surface area contributed by atoms with Gasteiger partial charge in [0.1, 0.15) is 0 Å². The third-order valence-electron chi connectivity index (χ3n) is 6.56. The van der Waals surface area contributed by atoms with Gasteiger partial charge in [0.05, 0.1) is 17.8 Å². The van der Waals surface area contributed by atoms with Crippen LogP contribution < -0.4 is 10.2 Å². The van der Waals surface area contributed by atoms with E-state index in [2.05, 4.69) is 108 Å². The minimum atomic E-state index is -0.0502. The third-order valence-corrected chi connectivity index (χ3v) is 6.87. The smallest absolute Gasteiger partial charge is 0.174 e. The number of aryl methyl sites for hydroxylation is 3. The zero-order chi connectivity index (χ0) is 23.1. The van der Waals surface area contributed by atoms with Crippen molar-refractivity contribution in [1.82, 2.24) is 14.9 Å². The number of para-hydroxylation sites is 1. The Bertz CT molecular complexity index is 1310. The zero-order valence-electron chi connectivity index (χ0n) is 19.4. The first-order valence-electron chi connectivity index (χ1n) is 11.3. The molecule has 5 rings (SSSR count). The van der Waals surface area contributed by atoms with Crippen molar-refractivity contribution in [2.75, 3.05) is 4.90 Å². The molecule has 0 aliphatic carbocycles. The third kappa shape index (κ3) is 3.72. The summed E-state index contributed by atoms with van der Waals surface area (Å²) in [6.07, 6.45) is 1.85. The minimum absolute atomic E-state index is 0.0147. The number of hydrogen-bond acceptors (Lipinski definition) is 2. The normalized spacial score (nSPS) is 17.9. The number of rotatable bonds is 4. The van der Waals surface area contributed by atoms with Crippen molar-refractivity contribution in [3.05, 3.63) is 113 Å². The van der Waals surface area contributed by atoms with E-state index < -0.39 is 0 Å². The summed E-state index contributed by atoms with van der Waals surface area (Å²) < 4.78 is 2.36. The topological polar surface area (TPSA) is 33.1 Å². The molecule has 0 spiro atoms. The molecule has 1 saturated heterocycles. The zero-order valence-corrected chi connectivity index (χ0v) is 20.2. The summed E-state index contributed by atoms with van der Waals surface area (Å²) in [4.78, 5) is 6.94. The summed E-state index contributed by atoms with van der Waals surface area (Å²) in [5.74, 6) is 0. The number of benzene rings is 2. The quantitative estimate of drug-likeness (QED) is 0.369. The molecule has 0 amide bonds. The highest BCUT2D eigenvalue weighted by Crippen LogP contribution is 2.43. The second kappa shape index (κ2) is 8.49. The van der Waals surface area contributed by atoms with Gasteiger partial charge in [-0.15, -0.1) is 0 Å². The van der Waals surface area contributed by atoms with Gasteiger partial charge in [-0.25, -0.2) is 0 Å². The lowest BCUT2D eigenvalue weighted by molar-refractivity contribution is 0.565. The van der Waals surface area contributed by atoms with Crippen LogP contribution in [0.25, 0.3) is 5.69 Å². The fraction of sp³-hybridized carbons (Fsp3) is 0.214. The first kappa shape index (κ1) is 21.4. The van der Waals surface area contributed by atoms with E-state index in [-0.39, 0.29) is 12.1 Å². The largest absolute Gasteiger partial charge is 0.351 e. The van der Waals surface area contributed by atoms with Gasteiger partial charge in [-0.05, 0) is 87.4 Å². The average molecular weight is 453 g/mol. The molecular weight excluding hydrogens is 424 g/mol. The van der Waals surface area contributed by atoms with Crippen LogP contribution in [0.15, 0.2) is 79.0 Å². The average Bonchev–Trinajstić information content (AvgIpc) is 3.31. The molecule has 0 saturated carbocycles.